The van der Waals surface area contributed by atoms with Crippen LogP contribution in [0.3, 0.4) is 0 Å². The molecule has 5 nitrogen and oxygen atoms in total. The maximum absolute atomic E-state index is 12.5. The lowest BCUT2D eigenvalue weighted by Gasteiger charge is -2.25. The second kappa shape index (κ2) is 6.96. The number of carbonyl (C=O) groups excluding carboxylic acids is 1. The minimum absolute atomic E-state index is 0.0533. The molecule has 0 aliphatic carbocycles. The smallest absolute Gasteiger partial charge is 0.256 e. The molecule has 0 aliphatic heterocycles. The van der Waals surface area contributed by atoms with Crippen molar-refractivity contribution in [2.45, 2.75) is 45.8 Å². The molecular weight excluding hydrogens is 292 g/mol. The molecule has 0 spiro atoms. The Kier molecular flexibility index (Phi) is 5.21. The van der Waals surface area contributed by atoms with Crippen LogP contribution in [0.4, 0.5) is 5.69 Å². The molecule has 5 heteroatoms. The summed E-state index contributed by atoms with van der Waals surface area (Å²) in [4.78, 5) is 16.9. The molecule has 1 unspecified atom stereocenters. The number of aromatic nitrogens is 1. The van der Waals surface area contributed by atoms with Gasteiger partial charge in [-0.25, -0.2) is 0 Å². The zero-order valence-electron chi connectivity index (χ0n) is 14.3. The van der Waals surface area contributed by atoms with Crippen LogP contribution in [-0.4, -0.2) is 29.7 Å². The predicted molar refractivity (Wildman–Crippen MR) is 91.8 cm³/mol. The van der Waals surface area contributed by atoms with Gasteiger partial charge in [0.05, 0.1) is 11.8 Å². The summed E-state index contributed by atoms with van der Waals surface area (Å²) >= 11 is 0. The van der Waals surface area contributed by atoms with E-state index in [1.54, 1.807) is 20.2 Å². The topological polar surface area (TPSA) is 60.5 Å². The van der Waals surface area contributed by atoms with Crippen LogP contribution in [0.15, 0.2) is 30.5 Å². The molecule has 2 aromatic rings. The molecule has 1 aromatic carbocycles. The van der Waals surface area contributed by atoms with E-state index in [9.17, 15) is 4.79 Å². The molecule has 23 heavy (non-hydrogen) atoms. The highest BCUT2D eigenvalue weighted by atomic mass is 16.5. The van der Waals surface area contributed by atoms with Gasteiger partial charge in [0, 0.05) is 18.7 Å². The van der Waals surface area contributed by atoms with Crippen molar-refractivity contribution in [1.82, 2.24) is 4.98 Å². The molecule has 1 atom stereocenters. The molecule has 124 valence electrons. The SMILES string of the molecule is CCC(C)(OC)C(=O)Nc1ccc(OC(C)C)c2ncccc12. The van der Waals surface area contributed by atoms with E-state index in [2.05, 4.69) is 10.3 Å². The van der Waals surface area contributed by atoms with Crippen LogP contribution >= 0.6 is 0 Å². The first-order chi connectivity index (χ1) is 10.9. The largest absolute Gasteiger partial charge is 0.489 e. The van der Waals surface area contributed by atoms with E-state index in [4.69, 9.17) is 9.47 Å². The number of hydrogen-bond donors (Lipinski definition) is 1. The van der Waals surface area contributed by atoms with Crippen molar-refractivity contribution in [3.05, 3.63) is 30.5 Å². The van der Waals surface area contributed by atoms with Gasteiger partial charge in [-0.2, -0.15) is 0 Å². The fourth-order valence-corrected chi connectivity index (χ4v) is 2.26. The molecule has 1 heterocycles. The fourth-order valence-electron chi connectivity index (χ4n) is 2.26. The number of fused-ring (bicyclic) bond motifs is 1. The van der Waals surface area contributed by atoms with E-state index in [0.29, 0.717) is 17.9 Å². The van der Waals surface area contributed by atoms with Crippen LogP contribution in [0.1, 0.15) is 34.1 Å². The third kappa shape index (κ3) is 3.62. The van der Waals surface area contributed by atoms with Crippen molar-refractivity contribution >= 4 is 22.5 Å². The van der Waals surface area contributed by atoms with Crippen LogP contribution in [0.2, 0.25) is 0 Å². The van der Waals surface area contributed by atoms with Gasteiger partial charge in [0.15, 0.2) is 0 Å². The first-order valence-corrected chi connectivity index (χ1v) is 7.82. The summed E-state index contributed by atoms with van der Waals surface area (Å²) in [7, 11) is 1.54. The summed E-state index contributed by atoms with van der Waals surface area (Å²) in [5.41, 5.74) is 0.572. The Bertz CT molecular complexity index is 694. The molecular formula is C18H24N2O3. The molecule has 2 rings (SSSR count). The van der Waals surface area contributed by atoms with Crippen LogP contribution in [0.25, 0.3) is 10.9 Å². The number of pyridine rings is 1. The van der Waals surface area contributed by atoms with Gasteiger partial charge in [0.2, 0.25) is 0 Å². The van der Waals surface area contributed by atoms with Gasteiger partial charge in [-0.3, -0.25) is 9.78 Å². The highest BCUT2D eigenvalue weighted by Crippen LogP contribution is 2.31. The second-order valence-electron chi connectivity index (χ2n) is 5.92. The number of nitrogens with one attached hydrogen (secondary N) is 1. The standard InChI is InChI=1S/C18H24N2O3/c1-6-18(4,22-5)17(21)20-14-9-10-15(23-12(2)3)16-13(14)8-7-11-19-16/h7-12H,6H2,1-5H3,(H,20,21). The van der Waals surface area contributed by atoms with Gasteiger partial charge in [-0.15, -0.1) is 0 Å². The number of methoxy groups -OCH3 is 1. The highest BCUT2D eigenvalue weighted by Gasteiger charge is 2.31. The zero-order chi connectivity index (χ0) is 17.0. The Balaban J connectivity index is 2.41. The first-order valence-electron chi connectivity index (χ1n) is 7.82. The van der Waals surface area contributed by atoms with Crippen LogP contribution < -0.4 is 10.1 Å². The summed E-state index contributed by atoms with van der Waals surface area (Å²) in [5, 5.41) is 3.79. The quantitative estimate of drug-likeness (QED) is 0.881. The number of carbonyl (C=O) groups is 1. The van der Waals surface area contributed by atoms with E-state index in [1.807, 2.05) is 45.0 Å². The Morgan fingerprint density at radius 2 is 2.09 bits per heavy atom. The van der Waals surface area contributed by atoms with E-state index in [0.717, 1.165) is 10.9 Å². The average Bonchev–Trinajstić information content (AvgIpc) is 2.55. The van der Waals surface area contributed by atoms with Crippen LogP contribution in [-0.2, 0) is 9.53 Å². The van der Waals surface area contributed by atoms with E-state index in [1.165, 1.54) is 0 Å². The van der Waals surface area contributed by atoms with Crippen molar-refractivity contribution in [1.29, 1.82) is 0 Å². The molecule has 1 aromatic heterocycles. The molecule has 0 saturated heterocycles. The maximum atomic E-state index is 12.5. The van der Waals surface area contributed by atoms with Crippen molar-refractivity contribution < 1.29 is 14.3 Å². The number of amides is 1. The summed E-state index contributed by atoms with van der Waals surface area (Å²) in [5.74, 6) is 0.531. The Morgan fingerprint density at radius 3 is 2.70 bits per heavy atom. The number of benzene rings is 1. The third-order valence-electron chi connectivity index (χ3n) is 3.95. The Labute approximate surface area is 137 Å². The minimum Gasteiger partial charge on any atom is -0.489 e. The third-order valence-corrected chi connectivity index (χ3v) is 3.95. The van der Waals surface area contributed by atoms with Gasteiger partial charge in [0.25, 0.3) is 5.91 Å². The van der Waals surface area contributed by atoms with Gasteiger partial charge in [-0.1, -0.05) is 6.92 Å². The Morgan fingerprint density at radius 1 is 1.35 bits per heavy atom. The van der Waals surface area contributed by atoms with E-state index in [-0.39, 0.29) is 12.0 Å². The lowest BCUT2D eigenvalue weighted by atomic mass is 10.0. The van der Waals surface area contributed by atoms with E-state index >= 15 is 0 Å². The molecule has 0 radical (unpaired) electrons. The van der Waals surface area contributed by atoms with Crippen LogP contribution in [0.5, 0.6) is 5.75 Å². The first kappa shape index (κ1) is 17.2. The van der Waals surface area contributed by atoms with Crippen molar-refractivity contribution in [2.75, 3.05) is 12.4 Å². The number of rotatable bonds is 6. The van der Waals surface area contributed by atoms with Crippen molar-refractivity contribution in [3.8, 4) is 5.75 Å². The molecule has 1 amide bonds. The molecule has 0 bridgehead atoms. The van der Waals surface area contributed by atoms with Gasteiger partial charge < -0.3 is 14.8 Å². The fraction of sp³-hybridized carbons (Fsp3) is 0.444. The zero-order valence-corrected chi connectivity index (χ0v) is 14.3. The highest BCUT2D eigenvalue weighted by molar-refractivity contribution is 6.05. The number of anilines is 1. The number of hydrogen-bond acceptors (Lipinski definition) is 4. The number of nitrogens with zero attached hydrogens (tertiary/aromatic N) is 1. The van der Waals surface area contributed by atoms with Gasteiger partial charge in [0.1, 0.15) is 16.9 Å². The molecule has 0 saturated carbocycles. The van der Waals surface area contributed by atoms with Gasteiger partial charge >= 0.3 is 0 Å². The lowest BCUT2D eigenvalue weighted by Crippen LogP contribution is -2.41. The summed E-state index contributed by atoms with van der Waals surface area (Å²) in [6, 6.07) is 7.43. The number of ether oxygens (including phenoxy) is 2. The molecule has 0 aliphatic rings. The average molecular weight is 316 g/mol. The maximum Gasteiger partial charge on any atom is 0.256 e. The lowest BCUT2D eigenvalue weighted by molar-refractivity contribution is -0.136. The van der Waals surface area contributed by atoms with Crippen molar-refractivity contribution in [3.63, 3.8) is 0 Å². The normalized spacial score (nSPS) is 13.8. The summed E-state index contributed by atoms with van der Waals surface area (Å²) in [6.07, 6.45) is 2.35. The van der Waals surface area contributed by atoms with E-state index < -0.39 is 5.60 Å². The van der Waals surface area contributed by atoms with Gasteiger partial charge in [-0.05, 0) is 51.5 Å². The molecule has 0 fully saturated rings. The molecule has 1 N–H and O–H groups in total. The summed E-state index contributed by atoms with van der Waals surface area (Å²) in [6.45, 7) is 7.63. The predicted octanol–water partition coefficient (Wildman–Crippen LogP) is 3.78. The Hall–Kier alpha value is -2.14. The van der Waals surface area contributed by atoms with Crippen LogP contribution in [0, 0.1) is 0 Å². The summed E-state index contributed by atoms with van der Waals surface area (Å²) < 4.78 is 11.2. The van der Waals surface area contributed by atoms with Crippen molar-refractivity contribution in [2.24, 2.45) is 0 Å². The minimum atomic E-state index is -0.859. The monoisotopic (exact) mass is 316 g/mol. The second-order valence-corrected chi connectivity index (χ2v) is 5.92.